The molecule has 1 heterocycles. The number of carbonyl (C=O) groups excluding carboxylic acids is 2. The van der Waals surface area contributed by atoms with Gasteiger partial charge in [0.1, 0.15) is 11.5 Å². The van der Waals surface area contributed by atoms with Crippen molar-refractivity contribution in [3.05, 3.63) is 72.3 Å². The Morgan fingerprint density at radius 1 is 0.906 bits per heavy atom. The molecule has 3 aromatic carbocycles. The average Bonchev–Trinajstić information content (AvgIpc) is 2.83. The zero-order valence-electron chi connectivity index (χ0n) is 18.3. The molecule has 0 spiro atoms. The number of piperidine rings is 1. The molecule has 3 aromatic rings. The highest BCUT2D eigenvalue weighted by Gasteiger charge is 2.25. The van der Waals surface area contributed by atoms with E-state index in [1.54, 1.807) is 12.1 Å². The standard InChI is InChI=1S/C26H28N2O4/c1-2-31-21-10-12-22(13-11-21)32-18-25(29)27-20-14-16-28(17-15-20)26(30)24-9-5-7-19-6-3-4-8-23(19)24/h3-13,20H,2,14-18H2,1H3,(H,27,29). The van der Waals surface area contributed by atoms with Gasteiger partial charge in [0, 0.05) is 24.7 Å². The Morgan fingerprint density at radius 3 is 2.28 bits per heavy atom. The molecule has 0 unspecified atom stereocenters. The summed E-state index contributed by atoms with van der Waals surface area (Å²) in [5.74, 6) is 1.29. The number of fused-ring (bicyclic) bond motifs is 1. The van der Waals surface area contributed by atoms with Gasteiger partial charge in [0.05, 0.1) is 6.61 Å². The van der Waals surface area contributed by atoms with Gasteiger partial charge in [-0.15, -0.1) is 0 Å². The van der Waals surface area contributed by atoms with E-state index in [2.05, 4.69) is 5.32 Å². The van der Waals surface area contributed by atoms with Gasteiger partial charge < -0.3 is 19.7 Å². The largest absolute Gasteiger partial charge is 0.494 e. The zero-order valence-corrected chi connectivity index (χ0v) is 18.3. The summed E-state index contributed by atoms with van der Waals surface area (Å²) in [6.07, 6.45) is 1.45. The first kappa shape index (κ1) is 21.7. The number of nitrogens with zero attached hydrogens (tertiary/aromatic N) is 1. The number of hydrogen-bond donors (Lipinski definition) is 1. The quantitative estimate of drug-likeness (QED) is 0.612. The van der Waals surface area contributed by atoms with E-state index >= 15 is 0 Å². The molecule has 0 radical (unpaired) electrons. The topological polar surface area (TPSA) is 67.9 Å². The van der Waals surface area contributed by atoms with Gasteiger partial charge in [0.15, 0.2) is 6.61 Å². The maximum absolute atomic E-state index is 13.1. The van der Waals surface area contributed by atoms with Crippen LogP contribution in [-0.4, -0.2) is 49.1 Å². The minimum absolute atomic E-state index is 0.0386. The van der Waals surface area contributed by atoms with Crippen LogP contribution >= 0.6 is 0 Å². The lowest BCUT2D eigenvalue weighted by Gasteiger charge is -2.32. The van der Waals surface area contributed by atoms with E-state index in [9.17, 15) is 9.59 Å². The minimum atomic E-state index is -0.155. The van der Waals surface area contributed by atoms with Crippen LogP contribution in [-0.2, 0) is 4.79 Å². The number of benzene rings is 3. The molecule has 32 heavy (non-hydrogen) atoms. The Bertz CT molecular complexity index is 1070. The molecule has 166 valence electrons. The molecule has 0 saturated carbocycles. The third-order valence-corrected chi connectivity index (χ3v) is 5.67. The van der Waals surface area contributed by atoms with E-state index in [0.717, 1.165) is 34.9 Å². The average molecular weight is 433 g/mol. The Hall–Kier alpha value is -3.54. The monoisotopic (exact) mass is 432 g/mol. The van der Waals surface area contributed by atoms with Crippen molar-refractivity contribution in [2.24, 2.45) is 0 Å². The molecule has 1 saturated heterocycles. The fraction of sp³-hybridized carbons (Fsp3) is 0.308. The predicted molar refractivity (Wildman–Crippen MR) is 124 cm³/mol. The summed E-state index contributed by atoms with van der Waals surface area (Å²) in [5.41, 5.74) is 0.731. The first-order chi connectivity index (χ1) is 15.6. The van der Waals surface area contributed by atoms with Gasteiger partial charge >= 0.3 is 0 Å². The van der Waals surface area contributed by atoms with Crippen LogP contribution in [0.2, 0.25) is 0 Å². The zero-order chi connectivity index (χ0) is 22.3. The molecule has 6 nitrogen and oxygen atoms in total. The summed E-state index contributed by atoms with van der Waals surface area (Å²) < 4.78 is 11.0. The van der Waals surface area contributed by atoms with Crippen LogP contribution in [0.5, 0.6) is 11.5 Å². The van der Waals surface area contributed by atoms with Gasteiger partial charge in [-0.25, -0.2) is 0 Å². The molecular formula is C26H28N2O4. The van der Waals surface area contributed by atoms with Gasteiger partial charge in [0.2, 0.25) is 0 Å². The van der Waals surface area contributed by atoms with Crippen molar-refractivity contribution in [2.45, 2.75) is 25.8 Å². The van der Waals surface area contributed by atoms with Gasteiger partial charge in [-0.05, 0) is 60.9 Å². The molecule has 0 atom stereocenters. The van der Waals surface area contributed by atoms with Gasteiger partial charge in [-0.3, -0.25) is 9.59 Å². The molecule has 0 bridgehead atoms. The highest BCUT2D eigenvalue weighted by molar-refractivity contribution is 6.07. The lowest BCUT2D eigenvalue weighted by molar-refractivity contribution is -0.124. The first-order valence-electron chi connectivity index (χ1n) is 11.1. The molecule has 2 amide bonds. The Kier molecular flexibility index (Phi) is 6.90. The van der Waals surface area contributed by atoms with Crippen molar-refractivity contribution < 1.29 is 19.1 Å². The normalized spacial score (nSPS) is 14.2. The number of likely N-dealkylation sites (tertiary alicyclic amines) is 1. The molecule has 4 rings (SSSR count). The molecule has 0 aliphatic carbocycles. The van der Waals surface area contributed by atoms with Crippen molar-refractivity contribution in [3.8, 4) is 11.5 Å². The molecule has 0 aromatic heterocycles. The van der Waals surface area contributed by atoms with Crippen molar-refractivity contribution in [1.29, 1.82) is 0 Å². The van der Waals surface area contributed by atoms with Crippen LogP contribution in [0.3, 0.4) is 0 Å². The van der Waals surface area contributed by atoms with Gasteiger partial charge in [0.25, 0.3) is 11.8 Å². The highest BCUT2D eigenvalue weighted by atomic mass is 16.5. The van der Waals surface area contributed by atoms with Crippen molar-refractivity contribution in [3.63, 3.8) is 0 Å². The molecule has 1 aliphatic rings. The maximum atomic E-state index is 13.1. The van der Waals surface area contributed by atoms with E-state index in [1.165, 1.54) is 0 Å². The fourth-order valence-electron chi connectivity index (χ4n) is 4.03. The number of ether oxygens (including phenoxy) is 2. The lowest BCUT2D eigenvalue weighted by atomic mass is 10.0. The van der Waals surface area contributed by atoms with Crippen LogP contribution in [0.1, 0.15) is 30.1 Å². The van der Waals surface area contributed by atoms with Crippen molar-refractivity contribution in [1.82, 2.24) is 10.2 Å². The van der Waals surface area contributed by atoms with Gasteiger partial charge in [-0.2, -0.15) is 0 Å². The van der Waals surface area contributed by atoms with E-state index < -0.39 is 0 Å². The van der Waals surface area contributed by atoms with Crippen molar-refractivity contribution in [2.75, 3.05) is 26.3 Å². The second-order valence-electron chi connectivity index (χ2n) is 7.85. The molecular weight excluding hydrogens is 404 g/mol. The summed E-state index contributed by atoms with van der Waals surface area (Å²) in [4.78, 5) is 27.2. The van der Waals surface area contributed by atoms with Crippen LogP contribution in [0.25, 0.3) is 10.8 Å². The third-order valence-electron chi connectivity index (χ3n) is 5.67. The number of amides is 2. The minimum Gasteiger partial charge on any atom is -0.494 e. The first-order valence-corrected chi connectivity index (χ1v) is 11.1. The second-order valence-corrected chi connectivity index (χ2v) is 7.85. The van der Waals surface area contributed by atoms with E-state index in [4.69, 9.17) is 9.47 Å². The number of nitrogens with one attached hydrogen (secondary N) is 1. The van der Waals surface area contributed by atoms with Crippen LogP contribution in [0.15, 0.2) is 66.7 Å². The predicted octanol–water partition coefficient (Wildman–Crippen LogP) is 4.04. The Morgan fingerprint density at radius 2 is 1.56 bits per heavy atom. The summed E-state index contributed by atoms with van der Waals surface area (Å²) in [5, 5.41) is 5.06. The van der Waals surface area contributed by atoms with Crippen molar-refractivity contribution >= 4 is 22.6 Å². The molecule has 1 aliphatic heterocycles. The van der Waals surface area contributed by atoms with E-state index in [-0.39, 0.29) is 24.5 Å². The summed E-state index contributed by atoms with van der Waals surface area (Å²) in [6, 6.07) is 21.0. The molecule has 1 N–H and O–H groups in total. The Balaban J connectivity index is 1.25. The van der Waals surface area contributed by atoms with Crippen LogP contribution in [0.4, 0.5) is 0 Å². The molecule has 1 fully saturated rings. The van der Waals surface area contributed by atoms with E-state index in [1.807, 2.05) is 66.4 Å². The number of carbonyl (C=O) groups is 2. The Labute approximate surface area is 188 Å². The lowest BCUT2D eigenvalue weighted by Crippen LogP contribution is -2.47. The summed E-state index contributed by atoms with van der Waals surface area (Å²) in [7, 11) is 0. The smallest absolute Gasteiger partial charge is 0.258 e. The number of hydrogen-bond acceptors (Lipinski definition) is 4. The van der Waals surface area contributed by atoms with Gasteiger partial charge in [-0.1, -0.05) is 36.4 Å². The molecule has 6 heteroatoms. The van der Waals surface area contributed by atoms with Crippen LogP contribution < -0.4 is 14.8 Å². The number of rotatable bonds is 7. The highest BCUT2D eigenvalue weighted by Crippen LogP contribution is 2.22. The SMILES string of the molecule is CCOc1ccc(OCC(=O)NC2CCN(C(=O)c3cccc4ccccc34)CC2)cc1. The second kappa shape index (κ2) is 10.2. The van der Waals surface area contributed by atoms with E-state index in [0.29, 0.717) is 25.4 Å². The third kappa shape index (κ3) is 5.19. The summed E-state index contributed by atoms with van der Waals surface area (Å²) in [6.45, 7) is 3.73. The fourth-order valence-corrected chi connectivity index (χ4v) is 4.03. The summed E-state index contributed by atoms with van der Waals surface area (Å²) >= 11 is 0. The van der Waals surface area contributed by atoms with Crippen LogP contribution in [0, 0.1) is 0 Å². The maximum Gasteiger partial charge on any atom is 0.258 e.